The van der Waals surface area contributed by atoms with Crippen molar-refractivity contribution in [2.24, 2.45) is 5.92 Å². The molecule has 2 rings (SSSR count). The summed E-state index contributed by atoms with van der Waals surface area (Å²) in [6.45, 7) is 6.81. The van der Waals surface area contributed by atoms with E-state index in [9.17, 15) is 9.59 Å². The average molecular weight is 418 g/mol. The molecule has 0 fully saturated rings. The molecule has 0 aliphatic rings. The number of rotatable bonds is 7. The highest BCUT2D eigenvalue weighted by molar-refractivity contribution is 9.10. The second kappa shape index (κ2) is 9.38. The molecule has 0 aromatic heterocycles. The van der Waals surface area contributed by atoms with Crippen LogP contribution in [-0.2, 0) is 4.79 Å². The van der Waals surface area contributed by atoms with Gasteiger partial charge in [-0.25, -0.2) is 0 Å². The van der Waals surface area contributed by atoms with Crippen molar-refractivity contribution in [1.82, 2.24) is 5.32 Å². The number of nitrogens with one attached hydrogen (secondary N) is 3. The molecule has 2 aromatic rings. The number of anilines is 2. The Balaban J connectivity index is 1.90. The zero-order valence-corrected chi connectivity index (χ0v) is 16.8. The molecule has 2 amide bonds. The maximum Gasteiger partial charge on any atom is 0.251 e. The number of amides is 2. The monoisotopic (exact) mass is 417 g/mol. The molecule has 0 aliphatic heterocycles. The molecule has 0 saturated heterocycles. The second-order valence-corrected chi connectivity index (χ2v) is 7.46. The Morgan fingerprint density at radius 2 is 1.77 bits per heavy atom. The van der Waals surface area contributed by atoms with Gasteiger partial charge in [0.1, 0.15) is 0 Å². The van der Waals surface area contributed by atoms with Gasteiger partial charge < -0.3 is 16.0 Å². The molecule has 0 atom stereocenters. The van der Waals surface area contributed by atoms with Crippen LogP contribution < -0.4 is 16.0 Å². The van der Waals surface area contributed by atoms with E-state index in [4.69, 9.17) is 0 Å². The fourth-order valence-corrected chi connectivity index (χ4v) is 2.58. The summed E-state index contributed by atoms with van der Waals surface area (Å²) in [5, 5.41) is 8.84. The number of benzene rings is 2. The molecule has 0 bridgehead atoms. The molecule has 5 nitrogen and oxygen atoms in total. The molecule has 138 valence electrons. The minimum atomic E-state index is -0.134. The first kappa shape index (κ1) is 20.0. The van der Waals surface area contributed by atoms with Gasteiger partial charge in [-0.3, -0.25) is 9.59 Å². The van der Waals surface area contributed by atoms with Gasteiger partial charge in [0, 0.05) is 28.0 Å². The molecule has 0 spiro atoms. The lowest BCUT2D eigenvalue weighted by molar-refractivity contribution is -0.114. The van der Waals surface area contributed by atoms with Crippen LogP contribution in [0.3, 0.4) is 0 Å². The van der Waals surface area contributed by atoms with Gasteiger partial charge in [0.15, 0.2) is 0 Å². The maximum atomic E-state index is 12.1. The Morgan fingerprint density at radius 1 is 1.08 bits per heavy atom. The summed E-state index contributed by atoms with van der Waals surface area (Å²) in [7, 11) is 0. The number of hydrogen-bond donors (Lipinski definition) is 3. The first-order valence-electron chi connectivity index (χ1n) is 8.53. The molecule has 26 heavy (non-hydrogen) atoms. The van der Waals surface area contributed by atoms with Crippen LogP contribution in [0.15, 0.2) is 46.9 Å². The Morgan fingerprint density at radius 3 is 2.38 bits per heavy atom. The van der Waals surface area contributed by atoms with Gasteiger partial charge in [0.05, 0.1) is 6.54 Å². The van der Waals surface area contributed by atoms with Crippen LogP contribution in [0.1, 0.15) is 29.8 Å². The lowest BCUT2D eigenvalue weighted by atomic mass is 10.1. The number of carbonyl (C=O) groups is 2. The lowest BCUT2D eigenvalue weighted by Crippen LogP contribution is -2.27. The Hall–Kier alpha value is -2.34. The minimum Gasteiger partial charge on any atom is -0.376 e. The van der Waals surface area contributed by atoms with Gasteiger partial charge in [-0.1, -0.05) is 29.8 Å². The predicted octanol–water partition coefficient (Wildman–Crippen LogP) is 4.19. The van der Waals surface area contributed by atoms with Crippen molar-refractivity contribution >= 4 is 39.1 Å². The third kappa shape index (κ3) is 6.19. The summed E-state index contributed by atoms with van der Waals surface area (Å²) < 4.78 is 0.960. The standard InChI is InChI=1S/C20H24BrN3O2/c1-13(2)11-23-20(26)15-4-9-18(14(3)10-15)22-12-19(25)24-17-7-5-16(21)6-8-17/h4-10,13,22H,11-12H2,1-3H3,(H,23,26)(H,24,25). The van der Waals surface area contributed by atoms with Crippen molar-refractivity contribution in [1.29, 1.82) is 0 Å². The summed E-state index contributed by atoms with van der Waals surface area (Å²) in [6, 6.07) is 12.8. The van der Waals surface area contributed by atoms with Crippen molar-refractivity contribution in [3.8, 4) is 0 Å². The van der Waals surface area contributed by atoms with Gasteiger partial charge in [-0.05, 0) is 60.9 Å². The fraction of sp³-hybridized carbons (Fsp3) is 0.300. The van der Waals surface area contributed by atoms with E-state index in [2.05, 4.69) is 45.7 Å². The molecule has 2 aromatic carbocycles. The fourth-order valence-electron chi connectivity index (χ4n) is 2.32. The van der Waals surface area contributed by atoms with E-state index in [-0.39, 0.29) is 18.4 Å². The first-order valence-corrected chi connectivity index (χ1v) is 9.32. The molecule has 0 saturated carbocycles. The van der Waals surface area contributed by atoms with Crippen molar-refractivity contribution in [3.05, 3.63) is 58.1 Å². The van der Waals surface area contributed by atoms with Gasteiger partial charge in [0.2, 0.25) is 5.91 Å². The van der Waals surface area contributed by atoms with Gasteiger partial charge in [-0.15, -0.1) is 0 Å². The highest BCUT2D eigenvalue weighted by Crippen LogP contribution is 2.17. The molecule has 6 heteroatoms. The van der Waals surface area contributed by atoms with Crippen LogP contribution in [0.4, 0.5) is 11.4 Å². The van der Waals surface area contributed by atoms with E-state index < -0.39 is 0 Å². The van der Waals surface area contributed by atoms with Crippen molar-refractivity contribution in [3.63, 3.8) is 0 Å². The Labute approximate surface area is 162 Å². The highest BCUT2D eigenvalue weighted by atomic mass is 79.9. The van der Waals surface area contributed by atoms with Gasteiger partial charge >= 0.3 is 0 Å². The SMILES string of the molecule is Cc1cc(C(=O)NCC(C)C)ccc1NCC(=O)Nc1ccc(Br)cc1. The van der Waals surface area contributed by atoms with E-state index in [1.54, 1.807) is 6.07 Å². The van der Waals surface area contributed by atoms with Crippen molar-refractivity contribution in [2.75, 3.05) is 23.7 Å². The second-order valence-electron chi connectivity index (χ2n) is 6.54. The van der Waals surface area contributed by atoms with E-state index in [0.29, 0.717) is 18.0 Å². The molecule has 0 radical (unpaired) electrons. The van der Waals surface area contributed by atoms with E-state index in [1.807, 2.05) is 43.3 Å². The van der Waals surface area contributed by atoms with Crippen LogP contribution in [0.25, 0.3) is 0 Å². The highest BCUT2D eigenvalue weighted by Gasteiger charge is 2.09. The summed E-state index contributed by atoms with van der Waals surface area (Å²) in [4.78, 5) is 24.2. The molecule has 0 aliphatic carbocycles. The van der Waals surface area contributed by atoms with Crippen LogP contribution in [0.2, 0.25) is 0 Å². The first-order chi connectivity index (χ1) is 12.3. The van der Waals surface area contributed by atoms with Crippen LogP contribution in [0, 0.1) is 12.8 Å². The van der Waals surface area contributed by atoms with Gasteiger partial charge in [-0.2, -0.15) is 0 Å². The summed E-state index contributed by atoms with van der Waals surface area (Å²) in [6.07, 6.45) is 0. The maximum absolute atomic E-state index is 12.1. The summed E-state index contributed by atoms with van der Waals surface area (Å²) in [5.41, 5.74) is 3.11. The summed E-state index contributed by atoms with van der Waals surface area (Å²) in [5.74, 6) is 0.192. The smallest absolute Gasteiger partial charge is 0.251 e. The normalized spacial score (nSPS) is 10.5. The third-order valence-electron chi connectivity index (χ3n) is 3.73. The number of hydrogen-bond acceptors (Lipinski definition) is 3. The zero-order chi connectivity index (χ0) is 19.1. The number of carbonyl (C=O) groups excluding carboxylic acids is 2. The Bertz CT molecular complexity index is 773. The van der Waals surface area contributed by atoms with Crippen LogP contribution in [0.5, 0.6) is 0 Å². The molecule has 0 unspecified atom stereocenters. The van der Waals surface area contributed by atoms with Crippen molar-refractivity contribution in [2.45, 2.75) is 20.8 Å². The minimum absolute atomic E-state index is 0.0821. The van der Waals surface area contributed by atoms with Crippen LogP contribution in [-0.4, -0.2) is 24.9 Å². The summed E-state index contributed by atoms with van der Waals surface area (Å²) >= 11 is 3.36. The average Bonchev–Trinajstić information content (AvgIpc) is 2.60. The topological polar surface area (TPSA) is 70.2 Å². The molecular weight excluding hydrogens is 394 g/mol. The quantitative estimate of drug-likeness (QED) is 0.632. The van der Waals surface area contributed by atoms with Gasteiger partial charge in [0.25, 0.3) is 5.91 Å². The van der Waals surface area contributed by atoms with E-state index in [0.717, 1.165) is 21.4 Å². The molecule has 3 N–H and O–H groups in total. The third-order valence-corrected chi connectivity index (χ3v) is 4.26. The number of aryl methyl sites for hydroxylation is 1. The van der Waals surface area contributed by atoms with Crippen molar-refractivity contribution < 1.29 is 9.59 Å². The lowest BCUT2D eigenvalue weighted by Gasteiger charge is -2.12. The molecular formula is C20H24BrN3O2. The zero-order valence-electron chi connectivity index (χ0n) is 15.2. The van der Waals surface area contributed by atoms with E-state index >= 15 is 0 Å². The number of halogens is 1. The molecule has 0 heterocycles. The predicted molar refractivity (Wildman–Crippen MR) is 110 cm³/mol. The largest absolute Gasteiger partial charge is 0.376 e. The Kier molecular flexibility index (Phi) is 7.21. The van der Waals surface area contributed by atoms with E-state index in [1.165, 1.54) is 0 Å². The van der Waals surface area contributed by atoms with Crippen LogP contribution >= 0.6 is 15.9 Å².